The molecule has 3 N–H and O–H groups in total. The van der Waals surface area contributed by atoms with Crippen molar-refractivity contribution in [3.05, 3.63) is 54.6 Å². The summed E-state index contributed by atoms with van der Waals surface area (Å²) < 4.78 is 0. The maximum Gasteiger partial charge on any atom is 0.335 e. The van der Waals surface area contributed by atoms with Gasteiger partial charge in [0.05, 0.1) is 5.57 Å². The van der Waals surface area contributed by atoms with E-state index in [1.807, 2.05) is 6.07 Å². The van der Waals surface area contributed by atoms with E-state index in [4.69, 9.17) is 15.3 Å². The van der Waals surface area contributed by atoms with E-state index in [0.29, 0.717) is 17.7 Å². The molecule has 1 aromatic carbocycles. The first-order chi connectivity index (χ1) is 8.84. The Labute approximate surface area is 108 Å². The molecule has 0 saturated heterocycles. The van der Waals surface area contributed by atoms with Gasteiger partial charge in [-0.3, -0.25) is 0 Å². The molecule has 0 radical (unpaired) electrons. The summed E-state index contributed by atoms with van der Waals surface area (Å²) in [7, 11) is 0. The van der Waals surface area contributed by atoms with Crippen LogP contribution in [0.5, 0.6) is 0 Å². The van der Waals surface area contributed by atoms with Gasteiger partial charge < -0.3 is 15.3 Å². The first kappa shape index (κ1) is 16.1. The Kier molecular flexibility index (Phi) is 6.98. The second-order valence-corrected chi connectivity index (χ2v) is 3.16. The predicted octanol–water partition coefficient (Wildman–Crippen LogP) is 1.50. The maximum absolute atomic E-state index is 10.4. The molecule has 0 unspecified atom stereocenters. The van der Waals surface area contributed by atoms with E-state index in [2.05, 4.69) is 6.58 Å². The summed E-state index contributed by atoms with van der Waals surface area (Å²) >= 11 is 0. The van der Waals surface area contributed by atoms with Crippen LogP contribution >= 0.6 is 0 Å². The normalized spacial score (nSPS) is 9.26. The molecule has 0 aliphatic rings. The van der Waals surface area contributed by atoms with Crippen LogP contribution in [0.15, 0.2) is 49.1 Å². The number of carboxylic acid groups (broad SMARTS) is 3. The molecule has 0 amide bonds. The van der Waals surface area contributed by atoms with E-state index in [1.165, 1.54) is 0 Å². The second kappa shape index (κ2) is 8.24. The SMILES string of the molecule is C=C(C(=O)O)c1ccccc1.O=C(O)/C=C\C(=O)O. The van der Waals surface area contributed by atoms with Gasteiger partial charge in [0.1, 0.15) is 0 Å². The van der Waals surface area contributed by atoms with Gasteiger partial charge in [-0.15, -0.1) is 0 Å². The van der Waals surface area contributed by atoms with Crippen molar-refractivity contribution in [2.45, 2.75) is 0 Å². The highest BCUT2D eigenvalue weighted by Gasteiger charge is 2.04. The molecule has 0 bridgehead atoms. The smallest absolute Gasteiger partial charge is 0.335 e. The molecule has 0 spiro atoms. The minimum Gasteiger partial charge on any atom is -0.478 e. The van der Waals surface area contributed by atoms with Crippen LogP contribution in [0, 0.1) is 0 Å². The third kappa shape index (κ3) is 7.92. The minimum absolute atomic E-state index is 0.130. The number of benzene rings is 1. The third-order valence-electron chi connectivity index (χ3n) is 1.75. The van der Waals surface area contributed by atoms with Gasteiger partial charge in [-0.05, 0) is 5.56 Å². The summed E-state index contributed by atoms with van der Waals surface area (Å²) in [5.74, 6) is -3.49. The first-order valence-electron chi connectivity index (χ1n) is 4.96. The van der Waals surface area contributed by atoms with Gasteiger partial charge >= 0.3 is 17.9 Å². The molecule has 0 atom stereocenters. The number of hydrogen-bond acceptors (Lipinski definition) is 3. The molecule has 1 aromatic rings. The zero-order valence-corrected chi connectivity index (χ0v) is 9.81. The van der Waals surface area contributed by atoms with Crippen molar-refractivity contribution in [3.63, 3.8) is 0 Å². The molecular formula is C13H12O6. The van der Waals surface area contributed by atoms with Gasteiger partial charge in [-0.25, -0.2) is 14.4 Å². The lowest BCUT2D eigenvalue weighted by molar-refractivity contribution is -0.134. The Morgan fingerprint density at radius 2 is 1.32 bits per heavy atom. The van der Waals surface area contributed by atoms with Gasteiger partial charge in [0.25, 0.3) is 0 Å². The zero-order chi connectivity index (χ0) is 14.8. The molecule has 0 aliphatic carbocycles. The molecule has 0 saturated carbocycles. The van der Waals surface area contributed by atoms with Crippen molar-refractivity contribution in [3.8, 4) is 0 Å². The highest BCUT2D eigenvalue weighted by Crippen LogP contribution is 2.10. The van der Waals surface area contributed by atoms with Gasteiger partial charge in [-0.2, -0.15) is 0 Å². The number of carboxylic acids is 3. The van der Waals surface area contributed by atoms with Crippen molar-refractivity contribution in [2.24, 2.45) is 0 Å². The largest absolute Gasteiger partial charge is 0.478 e. The van der Waals surface area contributed by atoms with Crippen LogP contribution in [-0.2, 0) is 14.4 Å². The average Bonchev–Trinajstić information content (AvgIpc) is 2.37. The molecule has 6 heteroatoms. The quantitative estimate of drug-likeness (QED) is 0.710. The number of aliphatic carboxylic acids is 3. The highest BCUT2D eigenvalue weighted by molar-refractivity contribution is 6.14. The minimum atomic E-state index is -1.26. The van der Waals surface area contributed by atoms with Gasteiger partial charge in [0, 0.05) is 12.2 Å². The van der Waals surface area contributed by atoms with Gasteiger partial charge in [0.15, 0.2) is 0 Å². The fraction of sp³-hybridized carbons (Fsp3) is 0. The van der Waals surface area contributed by atoms with Crippen LogP contribution < -0.4 is 0 Å². The maximum atomic E-state index is 10.4. The molecule has 0 aromatic heterocycles. The summed E-state index contributed by atoms with van der Waals surface area (Å²) in [5, 5.41) is 24.2. The number of carbonyl (C=O) groups is 3. The topological polar surface area (TPSA) is 112 Å². The van der Waals surface area contributed by atoms with Crippen LogP contribution in [0.25, 0.3) is 5.57 Å². The van der Waals surface area contributed by atoms with Crippen LogP contribution in [0.3, 0.4) is 0 Å². The van der Waals surface area contributed by atoms with Crippen LogP contribution in [0.2, 0.25) is 0 Å². The van der Waals surface area contributed by atoms with Crippen LogP contribution in [-0.4, -0.2) is 33.2 Å². The Bertz CT molecular complexity index is 485. The third-order valence-corrected chi connectivity index (χ3v) is 1.75. The molecule has 100 valence electrons. The summed E-state index contributed by atoms with van der Waals surface area (Å²) in [6.45, 7) is 3.42. The average molecular weight is 264 g/mol. The van der Waals surface area contributed by atoms with Crippen molar-refractivity contribution in [1.82, 2.24) is 0 Å². The molecule has 0 fully saturated rings. The van der Waals surface area contributed by atoms with E-state index in [1.54, 1.807) is 24.3 Å². The van der Waals surface area contributed by atoms with E-state index >= 15 is 0 Å². The fourth-order valence-corrected chi connectivity index (χ4v) is 0.905. The predicted molar refractivity (Wildman–Crippen MR) is 67.5 cm³/mol. The molecule has 0 aliphatic heterocycles. The molecule has 6 nitrogen and oxygen atoms in total. The summed E-state index contributed by atoms with van der Waals surface area (Å²) in [5.41, 5.74) is 0.783. The van der Waals surface area contributed by atoms with Crippen molar-refractivity contribution in [1.29, 1.82) is 0 Å². The molecule has 19 heavy (non-hydrogen) atoms. The van der Waals surface area contributed by atoms with E-state index in [0.717, 1.165) is 0 Å². The lowest BCUT2D eigenvalue weighted by Crippen LogP contribution is -1.96. The number of rotatable bonds is 4. The van der Waals surface area contributed by atoms with Crippen molar-refractivity contribution >= 4 is 23.5 Å². The van der Waals surface area contributed by atoms with Crippen LogP contribution in [0.4, 0.5) is 0 Å². The zero-order valence-electron chi connectivity index (χ0n) is 9.81. The standard InChI is InChI=1S/C9H8O2.C4H4O4/c1-7(9(10)11)8-5-3-2-4-6-8;5-3(6)1-2-4(7)8/h2-6H,1H2,(H,10,11);1-2H,(H,5,6)(H,7,8)/b;2-1-. The Morgan fingerprint density at radius 1 is 0.895 bits per heavy atom. The lowest BCUT2D eigenvalue weighted by atomic mass is 10.1. The van der Waals surface area contributed by atoms with Gasteiger partial charge in [-0.1, -0.05) is 36.9 Å². The van der Waals surface area contributed by atoms with Crippen LogP contribution in [0.1, 0.15) is 5.56 Å². The Balaban J connectivity index is 0.000000362. The first-order valence-corrected chi connectivity index (χ1v) is 4.96. The molecular weight excluding hydrogens is 252 g/mol. The number of hydrogen-bond donors (Lipinski definition) is 3. The highest BCUT2D eigenvalue weighted by atomic mass is 16.4. The van der Waals surface area contributed by atoms with Gasteiger partial charge in [0.2, 0.25) is 0 Å². The van der Waals surface area contributed by atoms with E-state index in [-0.39, 0.29) is 5.57 Å². The monoisotopic (exact) mass is 264 g/mol. The van der Waals surface area contributed by atoms with E-state index in [9.17, 15) is 14.4 Å². The molecule has 1 rings (SSSR count). The van der Waals surface area contributed by atoms with E-state index < -0.39 is 17.9 Å². The summed E-state index contributed by atoms with van der Waals surface area (Å²) in [6.07, 6.45) is 1.12. The summed E-state index contributed by atoms with van der Waals surface area (Å²) in [6, 6.07) is 8.83. The van der Waals surface area contributed by atoms with Crippen molar-refractivity contribution in [2.75, 3.05) is 0 Å². The molecule has 0 heterocycles. The Hall–Kier alpha value is -2.89. The van der Waals surface area contributed by atoms with Crippen molar-refractivity contribution < 1.29 is 29.7 Å². The second-order valence-electron chi connectivity index (χ2n) is 3.16. The summed E-state index contributed by atoms with van der Waals surface area (Å²) in [4.78, 5) is 29.5. The Morgan fingerprint density at radius 3 is 1.63 bits per heavy atom. The fourth-order valence-electron chi connectivity index (χ4n) is 0.905. The lowest BCUT2D eigenvalue weighted by Gasteiger charge is -1.97.